The fourth-order valence-corrected chi connectivity index (χ4v) is 2.29. The van der Waals surface area contributed by atoms with E-state index in [0.717, 1.165) is 0 Å². The topological polar surface area (TPSA) is 113 Å². The highest BCUT2D eigenvalue weighted by atomic mass is 16.3. The second-order valence-corrected chi connectivity index (χ2v) is 5.28. The SMILES string of the molecule is CC(O)C(O)CCCc1nc2c(c(=O)[nH]c(=O)n2C)n1C. The summed E-state index contributed by atoms with van der Waals surface area (Å²) in [5.74, 6) is 0.662. The number of aliphatic hydroxyl groups is 2. The number of nitrogens with one attached hydrogen (secondary N) is 1. The molecule has 2 heterocycles. The summed E-state index contributed by atoms with van der Waals surface area (Å²) in [4.78, 5) is 30.0. The van der Waals surface area contributed by atoms with Crippen LogP contribution in [-0.2, 0) is 20.5 Å². The van der Waals surface area contributed by atoms with Gasteiger partial charge in [-0.25, -0.2) is 9.78 Å². The van der Waals surface area contributed by atoms with E-state index in [9.17, 15) is 19.8 Å². The maximum Gasteiger partial charge on any atom is 0.329 e. The molecule has 0 fully saturated rings. The van der Waals surface area contributed by atoms with Crippen LogP contribution < -0.4 is 11.2 Å². The van der Waals surface area contributed by atoms with E-state index in [1.807, 2.05) is 0 Å². The molecule has 0 bridgehead atoms. The van der Waals surface area contributed by atoms with Crippen molar-refractivity contribution in [3.63, 3.8) is 0 Å². The third-order valence-corrected chi connectivity index (χ3v) is 3.68. The van der Waals surface area contributed by atoms with Crippen LogP contribution >= 0.6 is 0 Å². The van der Waals surface area contributed by atoms with E-state index < -0.39 is 23.5 Å². The molecule has 2 aromatic rings. The lowest BCUT2D eigenvalue weighted by atomic mass is 10.1. The number of rotatable bonds is 5. The van der Waals surface area contributed by atoms with Crippen molar-refractivity contribution < 1.29 is 10.2 Å². The number of aromatic amines is 1. The van der Waals surface area contributed by atoms with Crippen molar-refractivity contribution in [1.29, 1.82) is 0 Å². The highest BCUT2D eigenvalue weighted by Gasteiger charge is 2.16. The molecule has 2 rings (SSSR count). The van der Waals surface area contributed by atoms with Gasteiger partial charge in [0.2, 0.25) is 0 Å². The molecule has 2 atom stereocenters. The number of aromatic nitrogens is 4. The highest BCUT2D eigenvalue weighted by Crippen LogP contribution is 2.12. The number of nitrogens with zero attached hydrogens (tertiary/aromatic N) is 3. The highest BCUT2D eigenvalue weighted by molar-refractivity contribution is 5.70. The molecule has 0 aromatic carbocycles. The van der Waals surface area contributed by atoms with Gasteiger partial charge in [0, 0.05) is 20.5 Å². The van der Waals surface area contributed by atoms with Crippen molar-refractivity contribution >= 4 is 11.2 Å². The van der Waals surface area contributed by atoms with Gasteiger partial charge in [-0.3, -0.25) is 14.3 Å². The Hall–Kier alpha value is -1.93. The lowest BCUT2D eigenvalue weighted by Crippen LogP contribution is -2.29. The fourth-order valence-electron chi connectivity index (χ4n) is 2.29. The molecule has 0 saturated heterocycles. The molecular weight excluding hydrogens is 276 g/mol. The summed E-state index contributed by atoms with van der Waals surface area (Å²) in [7, 11) is 3.27. The van der Waals surface area contributed by atoms with Crippen LogP contribution in [0.4, 0.5) is 0 Å². The van der Waals surface area contributed by atoms with Crippen molar-refractivity contribution in [2.24, 2.45) is 14.1 Å². The Morgan fingerprint density at radius 3 is 2.52 bits per heavy atom. The summed E-state index contributed by atoms with van der Waals surface area (Å²) in [6.07, 6.45) is 0.0648. The Kier molecular flexibility index (Phi) is 4.29. The van der Waals surface area contributed by atoms with E-state index in [0.29, 0.717) is 36.3 Å². The minimum absolute atomic E-state index is 0.345. The van der Waals surface area contributed by atoms with Gasteiger partial charge in [-0.15, -0.1) is 0 Å². The lowest BCUT2D eigenvalue weighted by molar-refractivity contribution is 0.0250. The first kappa shape index (κ1) is 15.5. The Labute approximate surface area is 120 Å². The average molecular weight is 296 g/mol. The van der Waals surface area contributed by atoms with Crippen molar-refractivity contribution in [2.45, 2.75) is 38.4 Å². The first-order chi connectivity index (χ1) is 9.82. The standard InChI is InChI=1S/C13H20N4O4/c1-7(18)8(19)5-4-6-9-14-11-10(16(9)2)12(20)15-13(21)17(11)3/h7-8,18-19H,4-6H2,1-3H3,(H,15,20,21). The molecule has 8 heteroatoms. The van der Waals surface area contributed by atoms with Gasteiger partial charge < -0.3 is 14.8 Å². The Morgan fingerprint density at radius 2 is 1.90 bits per heavy atom. The molecule has 2 unspecified atom stereocenters. The largest absolute Gasteiger partial charge is 0.391 e. The van der Waals surface area contributed by atoms with Crippen LogP contribution in [0.1, 0.15) is 25.6 Å². The molecule has 0 aliphatic heterocycles. The number of aliphatic hydroxyl groups excluding tert-OH is 2. The molecule has 3 N–H and O–H groups in total. The van der Waals surface area contributed by atoms with Gasteiger partial charge >= 0.3 is 5.69 Å². The second-order valence-electron chi connectivity index (χ2n) is 5.28. The number of H-pyrrole nitrogens is 1. The molecule has 0 spiro atoms. The number of hydrogen-bond donors (Lipinski definition) is 3. The Balaban J connectivity index is 2.28. The summed E-state index contributed by atoms with van der Waals surface area (Å²) in [6.45, 7) is 1.54. The lowest BCUT2D eigenvalue weighted by Gasteiger charge is -2.12. The maximum absolute atomic E-state index is 11.9. The molecule has 0 radical (unpaired) electrons. The van der Waals surface area contributed by atoms with E-state index in [4.69, 9.17) is 0 Å². The van der Waals surface area contributed by atoms with Crippen LogP contribution in [0.15, 0.2) is 9.59 Å². The zero-order valence-corrected chi connectivity index (χ0v) is 12.3. The maximum atomic E-state index is 11.9. The first-order valence-corrected chi connectivity index (χ1v) is 6.83. The van der Waals surface area contributed by atoms with E-state index >= 15 is 0 Å². The second kappa shape index (κ2) is 5.82. The summed E-state index contributed by atoms with van der Waals surface area (Å²) >= 11 is 0. The van der Waals surface area contributed by atoms with Gasteiger partial charge in [0.05, 0.1) is 12.2 Å². The fraction of sp³-hybridized carbons (Fsp3) is 0.615. The van der Waals surface area contributed by atoms with Gasteiger partial charge in [-0.2, -0.15) is 0 Å². The van der Waals surface area contributed by atoms with E-state index in [1.54, 1.807) is 18.7 Å². The van der Waals surface area contributed by atoms with E-state index in [-0.39, 0.29) is 0 Å². The van der Waals surface area contributed by atoms with Gasteiger partial charge in [0.1, 0.15) is 5.82 Å². The van der Waals surface area contributed by atoms with Crippen LogP contribution in [0.25, 0.3) is 11.2 Å². The van der Waals surface area contributed by atoms with Gasteiger partial charge in [-0.1, -0.05) is 0 Å². The molecule has 0 aliphatic rings. The van der Waals surface area contributed by atoms with Crippen molar-refractivity contribution in [3.05, 3.63) is 26.7 Å². The molecule has 0 amide bonds. The summed E-state index contributed by atoms with van der Waals surface area (Å²) in [5, 5.41) is 18.8. The molecule has 0 saturated carbocycles. The number of imidazole rings is 1. The predicted molar refractivity (Wildman–Crippen MR) is 77.2 cm³/mol. The van der Waals surface area contributed by atoms with Crippen molar-refractivity contribution in [3.8, 4) is 0 Å². The summed E-state index contributed by atoms with van der Waals surface area (Å²) in [5.41, 5.74) is -0.263. The summed E-state index contributed by atoms with van der Waals surface area (Å²) in [6, 6.07) is 0. The normalized spacial score (nSPS) is 14.5. The zero-order valence-electron chi connectivity index (χ0n) is 12.3. The average Bonchev–Trinajstić information content (AvgIpc) is 2.74. The summed E-state index contributed by atoms with van der Waals surface area (Å²) < 4.78 is 2.95. The predicted octanol–water partition coefficient (Wildman–Crippen LogP) is -0.975. The molecule has 21 heavy (non-hydrogen) atoms. The minimum atomic E-state index is -0.771. The van der Waals surface area contributed by atoms with E-state index in [1.165, 1.54) is 11.5 Å². The number of aryl methyl sites for hydroxylation is 3. The van der Waals surface area contributed by atoms with Crippen molar-refractivity contribution in [1.82, 2.24) is 19.1 Å². The third-order valence-electron chi connectivity index (χ3n) is 3.68. The van der Waals surface area contributed by atoms with Crippen LogP contribution in [0.5, 0.6) is 0 Å². The van der Waals surface area contributed by atoms with E-state index in [2.05, 4.69) is 9.97 Å². The molecule has 116 valence electrons. The quantitative estimate of drug-likeness (QED) is 0.656. The van der Waals surface area contributed by atoms with Crippen LogP contribution in [0, 0.1) is 0 Å². The van der Waals surface area contributed by atoms with Gasteiger partial charge in [0.25, 0.3) is 5.56 Å². The van der Waals surface area contributed by atoms with Gasteiger partial charge in [-0.05, 0) is 19.8 Å². The molecule has 2 aromatic heterocycles. The Bertz CT molecular complexity index is 756. The Morgan fingerprint density at radius 1 is 1.24 bits per heavy atom. The smallest absolute Gasteiger partial charge is 0.329 e. The molecular formula is C13H20N4O4. The molecule has 8 nitrogen and oxygen atoms in total. The van der Waals surface area contributed by atoms with Gasteiger partial charge in [0.15, 0.2) is 11.2 Å². The monoisotopic (exact) mass is 296 g/mol. The number of fused-ring (bicyclic) bond motifs is 1. The zero-order chi connectivity index (χ0) is 15.7. The number of hydrogen-bond acceptors (Lipinski definition) is 5. The third kappa shape index (κ3) is 2.91. The first-order valence-electron chi connectivity index (χ1n) is 6.83. The van der Waals surface area contributed by atoms with Crippen molar-refractivity contribution in [2.75, 3.05) is 0 Å². The molecule has 0 aliphatic carbocycles. The van der Waals surface area contributed by atoms with Crippen LogP contribution in [-0.4, -0.2) is 41.5 Å². The van der Waals surface area contributed by atoms with Crippen LogP contribution in [0.2, 0.25) is 0 Å². The minimum Gasteiger partial charge on any atom is -0.391 e. The van der Waals surface area contributed by atoms with Crippen LogP contribution in [0.3, 0.4) is 0 Å².